The van der Waals surface area contributed by atoms with Crippen molar-refractivity contribution in [2.45, 2.75) is 18.6 Å². The predicted octanol–water partition coefficient (Wildman–Crippen LogP) is -0.759. The molecule has 1 unspecified atom stereocenters. The molecule has 0 aliphatic carbocycles. The molecule has 1 amide bonds. The van der Waals surface area contributed by atoms with Crippen molar-refractivity contribution in [2.24, 2.45) is 0 Å². The number of hydrogen-bond donors (Lipinski definition) is 1. The van der Waals surface area contributed by atoms with Gasteiger partial charge in [0.05, 0.1) is 0 Å². The molecule has 15 heavy (non-hydrogen) atoms. The first-order valence-corrected chi connectivity index (χ1v) is 7.07. The number of carbonyl (C=O) groups excluding carboxylic acids is 1. The van der Waals surface area contributed by atoms with Gasteiger partial charge < -0.3 is 10.2 Å². The van der Waals surface area contributed by atoms with E-state index >= 15 is 0 Å². The SMILES string of the molecule is CC(C(=O)N1CCCNCC1)S(C)(=O)=O. The normalized spacial score (nSPS) is 20.8. The monoisotopic (exact) mass is 234 g/mol. The molecule has 6 heteroatoms. The van der Waals surface area contributed by atoms with E-state index in [-0.39, 0.29) is 5.91 Å². The van der Waals surface area contributed by atoms with Gasteiger partial charge in [-0.3, -0.25) is 4.79 Å². The van der Waals surface area contributed by atoms with Crippen molar-refractivity contribution in [2.75, 3.05) is 32.4 Å². The van der Waals surface area contributed by atoms with Crippen molar-refractivity contribution in [1.82, 2.24) is 10.2 Å². The largest absolute Gasteiger partial charge is 0.340 e. The minimum atomic E-state index is -3.27. The fourth-order valence-corrected chi connectivity index (χ4v) is 2.02. The number of amides is 1. The lowest BCUT2D eigenvalue weighted by Gasteiger charge is -2.22. The zero-order valence-corrected chi connectivity index (χ0v) is 10.0. The molecule has 0 radical (unpaired) electrons. The third kappa shape index (κ3) is 3.46. The Hall–Kier alpha value is -0.620. The molecule has 1 aliphatic heterocycles. The number of rotatable bonds is 2. The molecule has 0 bridgehead atoms. The lowest BCUT2D eigenvalue weighted by molar-refractivity contribution is -0.130. The van der Waals surface area contributed by atoms with Crippen LogP contribution >= 0.6 is 0 Å². The maximum absolute atomic E-state index is 11.8. The van der Waals surface area contributed by atoms with Gasteiger partial charge in [-0.25, -0.2) is 8.42 Å². The van der Waals surface area contributed by atoms with Crippen molar-refractivity contribution in [1.29, 1.82) is 0 Å². The number of hydrogen-bond acceptors (Lipinski definition) is 4. The van der Waals surface area contributed by atoms with Gasteiger partial charge in [-0.2, -0.15) is 0 Å². The standard InChI is InChI=1S/C9H18N2O3S/c1-8(15(2,13)14)9(12)11-6-3-4-10-5-7-11/h8,10H,3-7H2,1-2H3. The number of nitrogens with zero attached hydrogens (tertiary/aromatic N) is 1. The summed E-state index contributed by atoms with van der Waals surface area (Å²) in [6.07, 6.45) is 1.98. The van der Waals surface area contributed by atoms with Gasteiger partial charge in [0.15, 0.2) is 9.84 Å². The molecule has 0 spiro atoms. The highest BCUT2D eigenvalue weighted by molar-refractivity contribution is 7.92. The van der Waals surface area contributed by atoms with Crippen molar-refractivity contribution >= 4 is 15.7 Å². The fourth-order valence-electron chi connectivity index (χ4n) is 1.51. The van der Waals surface area contributed by atoms with Crippen LogP contribution in [0, 0.1) is 0 Å². The maximum atomic E-state index is 11.8. The van der Waals surface area contributed by atoms with Gasteiger partial charge in [0.1, 0.15) is 5.25 Å². The average molecular weight is 234 g/mol. The first kappa shape index (κ1) is 12.4. The Balaban J connectivity index is 2.66. The molecule has 0 aromatic rings. The molecule has 1 aliphatic rings. The molecule has 1 N–H and O–H groups in total. The molecular formula is C9H18N2O3S. The van der Waals surface area contributed by atoms with Gasteiger partial charge in [-0.05, 0) is 19.9 Å². The highest BCUT2D eigenvalue weighted by Crippen LogP contribution is 2.05. The lowest BCUT2D eigenvalue weighted by atomic mass is 10.3. The van der Waals surface area contributed by atoms with Crippen LogP contribution in [0.4, 0.5) is 0 Å². The first-order valence-electron chi connectivity index (χ1n) is 5.11. The van der Waals surface area contributed by atoms with Crippen LogP contribution in [-0.2, 0) is 14.6 Å². The van der Waals surface area contributed by atoms with Crippen molar-refractivity contribution in [3.05, 3.63) is 0 Å². The van der Waals surface area contributed by atoms with E-state index in [1.54, 1.807) is 4.90 Å². The van der Waals surface area contributed by atoms with Gasteiger partial charge >= 0.3 is 0 Å². The van der Waals surface area contributed by atoms with Crippen molar-refractivity contribution in [3.8, 4) is 0 Å². The highest BCUT2D eigenvalue weighted by atomic mass is 32.2. The fraction of sp³-hybridized carbons (Fsp3) is 0.889. The van der Waals surface area contributed by atoms with Crippen LogP contribution in [0.2, 0.25) is 0 Å². The van der Waals surface area contributed by atoms with Crippen LogP contribution in [0.15, 0.2) is 0 Å². The summed E-state index contributed by atoms with van der Waals surface area (Å²) < 4.78 is 22.5. The van der Waals surface area contributed by atoms with E-state index in [4.69, 9.17) is 0 Å². The van der Waals surface area contributed by atoms with E-state index in [1.807, 2.05) is 0 Å². The summed E-state index contributed by atoms with van der Waals surface area (Å²) in [4.78, 5) is 13.4. The van der Waals surface area contributed by atoms with E-state index in [1.165, 1.54) is 6.92 Å². The topological polar surface area (TPSA) is 66.5 Å². The van der Waals surface area contributed by atoms with Gasteiger partial charge in [-0.15, -0.1) is 0 Å². The van der Waals surface area contributed by atoms with E-state index < -0.39 is 15.1 Å². The molecular weight excluding hydrogens is 216 g/mol. The molecule has 1 atom stereocenters. The Labute approximate surface area is 90.7 Å². The van der Waals surface area contributed by atoms with Crippen LogP contribution in [0.25, 0.3) is 0 Å². The molecule has 0 saturated carbocycles. The number of carbonyl (C=O) groups is 1. The molecule has 5 nitrogen and oxygen atoms in total. The minimum Gasteiger partial charge on any atom is -0.340 e. The van der Waals surface area contributed by atoms with Gasteiger partial charge in [0, 0.05) is 25.9 Å². The summed E-state index contributed by atoms with van der Waals surface area (Å²) in [6, 6.07) is 0. The smallest absolute Gasteiger partial charge is 0.240 e. The molecule has 1 heterocycles. The van der Waals surface area contributed by atoms with Gasteiger partial charge in [-0.1, -0.05) is 0 Å². The Morgan fingerprint density at radius 3 is 2.60 bits per heavy atom. The zero-order valence-electron chi connectivity index (χ0n) is 9.19. The number of sulfone groups is 1. The summed E-state index contributed by atoms with van der Waals surface area (Å²) in [6.45, 7) is 4.32. The second kappa shape index (κ2) is 4.94. The molecule has 1 rings (SSSR count). The maximum Gasteiger partial charge on any atom is 0.240 e. The average Bonchev–Trinajstić information content (AvgIpc) is 2.42. The molecule has 1 fully saturated rings. The third-order valence-electron chi connectivity index (χ3n) is 2.64. The molecule has 0 aromatic carbocycles. The summed E-state index contributed by atoms with van der Waals surface area (Å²) in [7, 11) is -3.27. The Kier molecular flexibility index (Phi) is 4.10. The highest BCUT2D eigenvalue weighted by Gasteiger charge is 2.28. The Bertz CT molecular complexity index is 318. The van der Waals surface area contributed by atoms with Crippen molar-refractivity contribution < 1.29 is 13.2 Å². The summed E-state index contributed by atoms with van der Waals surface area (Å²) in [5.41, 5.74) is 0. The molecule has 0 aromatic heterocycles. The van der Waals surface area contributed by atoms with Crippen LogP contribution in [0.1, 0.15) is 13.3 Å². The van der Waals surface area contributed by atoms with E-state index in [0.717, 1.165) is 25.8 Å². The van der Waals surface area contributed by atoms with Gasteiger partial charge in [0.2, 0.25) is 5.91 Å². The van der Waals surface area contributed by atoms with Crippen LogP contribution in [0.5, 0.6) is 0 Å². The van der Waals surface area contributed by atoms with Crippen LogP contribution < -0.4 is 5.32 Å². The van der Waals surface area contributed by atoms with E-state index in [0.29, 0.717) is 13.1 Å². The zero-order chi connectivity index (χ0) is 11.5. The lowest BCUT2D eigenvalue weighted by Crippen LogP contribution is -2.42. The van der Waals surface area contributed by atoms with Gasteiger partial charge in [0.25, 0.3) is 0 Å². The second-order valence-corrected chi connectivity index (χ2v) is 6.27. The Morgan fingerprint density at radius 1 is 1.33 bits per heavy atom. The van der Waals surface area contributed by atoms with Crippen LogP contribution in [0.3, 0.4) is 0 Å². The molecule has 88 valence electrons. The Morgan fingerprint density at radius 2 is 2.00 bits per heavy atom. The summed E-state index contributed by atoms with van der Waals surface area (Å²) >= 11 is 0. The van der Waals surface area contributed by atoms with Crippen molar-refractivity contribution in [3.63, 3.8) is 0 Å². The quantitative estimate of drug-likeness (QED) is 0.682. The summed E-state index contributed by atoms with van der Waals surface area (Å²) in [5.74, 6) is -0.277. The third-order valence-corrected chi connectivity index (χ3v) is 4.13. The van der Waals surface area contributed by atoms with E-state index in [2.05, 4.69) is 5.32 Å². The minimum absolute atomic E-state index is 0.277. The number of nitrogens with one attached hydrogen (secondary N) is 1. The molecule has 1 saturated heterocycles. The summed E-state index contributed by atoms with van der Waals surface area (Å²) in [5, 5.41) is 2.25. The first-order chi connectivity index (χ1) is 6.93. The second-order valence-electron chi connectivity index (χ2n) is 3.90. The van der Waals surface area contributed by atoms with E-state index in [9.17, 15) is 13.2 Å². The predicted molar refractivity (Wildman–Crippen MR) is 58.4 cm³/mol. The van der Waals surface area contributed by atoms with Crippen LogP contribution in [-0.4, -0.2) is 56.9 Å².